The molecule has 0 bridgehead atoms. The van der Waals surface area contributed by atoms with Crippen LogP contribution in [0.25, 0.3) is 0 Å². The molecule has 1 heterocycles. The summed E-state index contributed by atoms with van der Waals surface area (Å²) in [5, 5.41) is 3.96. The molecule has 2 rings (SSSR count). The largest absolute Gasteiger partial charge is 0.492 e. The number of nitrogens with one attached hydrogen (secondary N) is 1. The van der Waals surface area contributed by atoms with Crippen LogP contribution >= 0.6 is 35.6 Å². The van der Waals surface area contributed by atoms with Crippen LogP contribution in [0.5, 0.6) is 5.75 Å². The van der Waals surface area contributed by atoms with E-state index in [-0.39, 0.29) is 30.1 Å². The molecule has 1 atom stereocenters. The second-order valence-corrected chi connectivity index (χ2v) is 6.35. The number of guanidine groups is 1. The molecule has 0 saturated carbocycles. The third-order valence-corrected chi connectivity index (χ3v) is 4.16. The van der Waals surface area contributed by atoms with Crippen molar-refractivity contribution in [3.63, 3.8) is 0 Å². The Bertz CT molecular complexity index is 542. The predicted molar refractivity (Wildman–Crippen MR) is 116 cm³/mol. The van der Waals surface area contributed by atoms with Crippen LogP contribution in [0, 0.1) is 0 Å². The molecule has 0 spiro atoms. The normalized spacial score (nSPS) is 16.9. The number of rotatable bonds is 9. The van der Waals surface area contributed by atoms with Gasteiger partial charge in [0.2, 0.25) is 0 Å². The fraction of sp³-hybridized carbons (Fsp3) is 0.611. The van der Waals surface area contributed by atoms with Crippen molar-refractivity contribution in [1.82, 2.24) is 10.2 Å². The van der Waals surface area contributed by atoms with E-state index in [0.29, 0.717) is 37.9 Å². The first kappa shape index (κ1) is 23.3. The molecule has 1 aromatic carbocycles. The van der Waals surface area contributed by atoms with Gasteiger partial charge in [-0.15, -0.1) is 24.0 Å². The van der Waals surface area contributed by atoms with Crippen LogP contribution < -0.4 is 10.1 Å². The number of halogens is 2. The molecule has 0 aliphatic carbocycles. The van der Waals surface area contributed by atoms with Crippen molar-refractivity contribution in [2.24, 2.45) is 4.99 Å². The van der Waals surface area contributed by atoms with E-state index in [2.05, 4.69) is 10.3 Å². The number of hydrogen-bond acceptors (Lipinski definition) is 4. The van der Waals surface area contributed by atoms with Crippen LogP contribution in [0.3, 0.4) is 0 Å². The molecule has 1 aliphatic heterocycles. The van der Waals surface area contributed by atoms with Crippen molar-refractivity contribution in [1.29, 1.82) is 0 Å². The maximum atomic E-state index is 5.94. The van der Waals surface area contributed by atoms with Crippen molar-refractivity contribution in [2.45, 2.75) is 18.9 Å². The molecule has 148 valence electrons. The average Bonchev–Trinajstić information content (AvgIpc) is 3.11. The maximum Gasteiger partial charge on any atom is 0.193 e. The Kier molecular flexibility index (Phi) is 12.0. The van der Waals surface area contributed by atoms with E-state index >= 15 is 0 Å². The average molecular weight is 498 g/mol. The molecule has 1 saturated heterocycles. The Hall–Kier alpha value is -0.770. The Morgan fingerprint density at radius 1 is 1.42 bits per heavy atom. The quantitative estimate of drug-likeness (QED) is 0.246. The lowest BCUT2D eigenvalue weighted by atomic mass is 10.2. The lowest BCUT2D eigenvalue weighted by Gasteiger charge is -2.22. The summed E-state index contributed by atoms with van der Waals surface area (Å²) in [4.78, 5) is 6.30. The molecule has 0 amide bonds. The summed E-state index contributed by atoms with van der Waals surface area (Å²) in [6.07, 6.45) is 2.51. The molecule has 1 fully saturated rings. The number of likely N-dealkylation sites (N-methyl/N-ethyl adjacent to an activating group) is 1. The standard InChI is InChI=1S/C18H28ClN3O3.HI/c1-20-18(21-8-11-23-14-17-7-4-10-24-17)22(2)9-12-25-16-6-3-5-15(19)13-16;/h3,5-6,13,17H,4,7-12,14H2,1-2H3,(H,20,21);1H. The van der Waals surface area contributed by atoms with Gasteiger partial charge in [0.15, 0.2) is 5.96 Å². The van der Waals surface area contributed by atoms with Gasteiger partial charge in [0.05, 0.1) is 25.9 Å². The van der Waals surface area contributed by atoms with Crippen LogP contribution in [-0.4, -0.2) is 70.6 Å². The van der Waals surface area contributed by atoms with E-state index in [4.69, 9.17) is 25.8 Å². The molecule has 6 nitrogen and oxygen atoms in total. The summed E-state index contributed by atoms with van der Waals surface area (Å²) in [5.74, 6) is 1.58. The van der Waals surface area contributed by atoms with E-state index in [1.165, 1.54) is 0 Å². The van der Waals surface area contributed by atoms with Crippen LogP contribution in [0.2, 0.25) is 5.02 Å². The molecule has 1 aliphatic rings. The van der Waals surface area contributed by atoms with Crippen LogP contribution in [-0.2, 0) is 9.47 Å². The van der Waals surface area contributed by atoms with Crippen molar-refractivity contribution in [2.75, 3.05) is 53.6 Å². The van der Waals surface area contributed by atoms with Crippen LogP contribution in [0.15, 0.2) is 29.3 Å². The molecule has 8 heteroatoms. The number of hydrogen-bond donors (Lipinski definition) is 1. The van der Waals surface area contributed by atoms with Crippen LogP contribution in [0.1, 0.15) is 12.8 Å². The first-order valence-corrected chi connectivity index (χ1v) is 9.06. The van der Waals surface area contributed by atoms with Crippen molar-refractivity contribution in [3.8, 4) is 5.75 Å². The van der Waals surface area contributed by atoms with Gasteiger partial charge >= 0.3 is 0 Å². The minimum Gasteiger partial charge on any atom is -0.492 e. The number of ether oxygens (including phenoxy) is 3. The molecule has 26 heavy (non-hydrogen) atoms. The summed E-state index contributed by atoms with van der Waals surface area (Å²) < 4.78 is 16.9. The highest BCUT2D eigenvalue weighted by molar-refractivity contribution is 14.0. The Labute approximate surface area is 178 Å². The fourth-order valence-electron chi connectivity index (χ4n) is 2.57. The predicted octanol–water partition coefficient (Wildman–Crippen LogP) is 3.04. The topological polar surface area (TPSA) is 55.3 Å². The van der Waals surface area contributed by atoms with Gasteiger partial charge < -0.3 is 24.4 Å². The molecule has 1 aromatic rings. The summed E-state index contributed by atoms with van der Waals surface area (Å²) in [5.41, 5.74) is 0. The first-order chi connectivity index (χ1) is 12.2. The molecular weight excluding hydrogens is 469 g/mol. The van der Waals surface area contributed by atoms with Gasteiger partial charge in [0.25, 0.3) is 0 Å². The highest BCUT2D eigenvalue weighted by atomic mass is 127. The minimum absolute atomic E-state index is 0. The summed E-state index contributed by atoms with van der Waals surface area (Å²) in [6, 6.07) is 7.40. The van der Waals surface area contributed by atoms with E-state index in [1.54, 1.807) is 13.1 Å². The lowest BCUT2D eigenvalue weighted by molar-refractivity contribution is 0.0190. The smallest absolute Gasteiger partial charge is 0.193 e. The van der Waals surface area contributed by atoms with Gasteiger partial charge in [-0.2, -0.15) is 0 Å². The third-order valence-electron chi connectivity index (χ3n) is 3.92. The van der Waals surface area contributed by atoms with Gasteiger partial charge in [0, 0.05) is 32.3 Å². The van der Waals surface area contributed by atoms with E-state index in [9.17, 15) is 0 Å². The van der Waals surface area contributed by atoms with Crippen molar-refractivity contribution >= 4 is 41.5 Å². The Morgan fingerprint density at radius 3 is 2.96 bits per heavy atom. The lowest BCUT2D eigenvalue weighted by Crippen LogP contribution is -2.42. The zero-order chi connectivity index (χ0) is 17.9. The van der Waals surface area contributed by atoms with Crippen molar-refractivity contribution in [3.05, 3.63) is 29.3 Å². The number of benzene rings is 1. The Balaban J connectivity index is 0.00000338. The number of aliphatic imine (C=N–C) groups is 1. The summed E-state index contributed by atoms with van der Waals surface area (Å²) in [6.45, 7) is 4.13. The first-order valence-electron chi connectivity index (χ1n) is 8.68. The van der Waals surface area contributed by atoms with Crippen molar-refractivity contribution < 1.29 is 14.2 Å². The second kappa shape index (κ2) is 13.4. The van der Waals surface area contributed by atoms with Gasteiger partial charge in [-0.1, -0.05) is 17.7 Å². The highest BCUT2D eigenvalue weighted by Crippen LogP contribution is 2.16. The van der Waals surface area contributed by atoms with Gasteiger partial charge in [-0.25, -0.2) is 0 Å². The zero-order valence-electron chi connectivity index (χ0n) is 15.4. The monoisotopic (exact) mass is 497 g/mol. The molecule has 1 unspecified atom stereocenters. The molecule has 0 radical (unpaired) electrons. The maximum absolute atomic E-state index is 5.94. The van der Waals surface area contributed by atoms with E-state index in [1.807, 2.05) is 30.1 Å². The summed E-state index contributed by atoms with van der Waals surface area (Å²) in [7, 11) is 3.74. The van der Waals surface area contributed by atoms with Gasteiger partial charge in [0.1, 0.15) is 12.4 Å². The molecular formula is C18H29ClIN3O3. The van der Waals surface area contributed by atoms with E-state index < -0.39 is 0 Å². The highest BCUT2D eigenvalue weighted by Gasteiger charge is 2.15. The van der Waals surface area contributed by atoms with Gasteiger partial charge in [-0.05, 0) is 31.0 Å². The summed E-state index contributed by atoms with van der Waals surface area (Å²) >= 11 is 5.94. The SMILES string of the molecule is CN=C(NCCOCC1CCCO1)N(C)CCOc1cccc(Cl)c1.I. The second-order valence-electron chi connectivity index (χ2n) is 5.91. The molecule has 0 aromatic heterocycles. The fourth-order valence-corrected chi connectivity index (χ4v) is 2.75. The number of nitrogens with zero attached hydrogens (tertiary/aromatic N) is 2. The molecule has 1 N–H and O–H groups in total. The minimum atomic E-state index is 0. The van der Waals surface area contributed by atoms with Crippen LogP contribution in [0.4, 0.5) is 0 Å². The zero-order valence-corrected chi connectivity index (χ0v) is 18.5. The Morgan fingerprint density at radius 2 is 2.27 bits per heavy atom. The van der Waals surface area contributed by atoms with Gasteiger partial charge in [-0.3, -0.25) is 4.99 Å². The third kappa shape index (κ3) is 8.75. The van der Waals surface area contributed by atoms with E-state index in [0.717, 1.165) is 31.2 Å².